The summed E-state index contributed by atoms with van der Waals surface area (Å²) in [6.45, 7) is 3.30. The number of amides is 4. The van der Waals surface area contributed by atoms with E-state index in [0.717, 1.165) is 22.4 Å². The molecule has 1 unspecified atom stereocenters. The summed E-state index contributed by atoms with van der Waals surface area (Å²) in [4.78, 5) is 65.9. The molecule has 9 heteroatoms. The Morgan fingerprint density at radius 2 is 1.51 bits per heavy atom. The van der Waals surface area contributed by atoms with Crippen LogP contribution in [0, 0.1) is 17.8 Å². The van der Waals surface area contributed by atoms with Gasteiger partial charge < -0.3 is 15.4 Å². The third-order valence-electron chi connectivity index (χ3n) is 7.46. The molecule has 2 aromatic carbocycles. The SMILES string of the molecule is C=CC1CC[C@@H]2C(=O)N(CC(=O)N[C@@H](Cc3ccccc3)C(=O)N[C@@H](Cc3ccccc3)C(=O)OC)C(=O)[C@H]12. The lowest BCUT2D eigenvalue weighted by Crippen LogP contribution is -2.55. The van der Waals surface area contributed by atoms with E-state index in [4.69, 9.17) is 4.74 Å². The van der Waals surface area contributed by atoms with E-state index in [-0.39, 0.29) is 30.6 Å². The lowest BCUT2D eigenvalue weighted by Gasteiger charge is -2.24. The lowest BCUT2D eigenvalue weighted by molar-refractivity contribution is -0.146. The third kappa shape index (κ3) is 6.42. The highest BCUT2D eigenvalue weighted by molar-refractivity contribution is 6.08. The standard InChI is InChI=1S/C30H33N3O6/c1-3-21-14-15-22-26(21)29(37)33(28(22)36)18-25(34)31-23(16-19-10-6-4-7-11-19)27(35)32-24(30(38)39-2)17-20-12-8-5-9-13-20/h3-13,21-24,26H,1,14-18H2,2H3,(H,31,34)(H,32,35)/t21?,22-,23-,24-,26+/m0/s1. The molecule has 0 radical (unpaired) electrons. The van der Waals surface area contributed by atoms with Crippen LogP contribution in [-0.4, -0.2) is 60.2 Å². The normalized spacial score (nSPS) is 21.6. The highest BCUT2D eigenvalue weighted by atomic mass is 16.5. The Kier molecular flexibility index (Phi) is 8.91. The maximum absolute atomic E-state index is 13.4. The summed E-state index contributed by atoms with van der Waals surface area (Å²) in [5.41, 5.74) is 1.61. The fourth-order valence-corrected chi connectivity index (χ4v) is 5.47. The minimum atomic E-state index is -1.06. The molecule has 2 fully saturated rings. The fourth-order valence-electron chi connectivity index (χ4n) is 5.47. The number of carbonyl (C=O) groups is 5. The number of hydrogen-bond donors (Lipinski definition) is 2. The summed E-state index contributed by atoms with van der Waals surface area (Å²) in [6.07, 6.45) is 3.35. The molecule has 0 aromatic heterocycles. The van der Waals surface area contributed by atoms with Crippen molar-refractivity contribution in [2.24, 2.45) is 17.8 Å². The van der Waals surface area contributed by atoms with Crippen LogP contribution >= 0.6 is 0 Å². The second-order valence-electron chi connectivity index (χ2n) is 9.96. The maximum Gasteiger partial charge on any atom is 0.328 e. The van der Waals surface area contributed by atoms with Crippen molar-refractivity contribution in [3.05, 3.63) is 84.4 Å². The molecule has 1 aliphatic heterocycles. The van der Waals surface area contributed by atoms with E-state index in [0.29, 0.717) is 6.42 Å². The minimum Gasteiger partial charge on any atom is -0.467 e. The molecule has 0 bridgehead atoms. The second-order valence-corrected chi connectivity index (χ2v) is 9.96. The molecular weight excluding hydrogens is 498 g/mol. The molecule has 9 nitrogen and oxygen atoms in total. The van der Waals surface area contributed by atoms with Gasteiger partial charge in [0.2, 0.25) is 23.6 Å². The first-order valence-electron chi connectivity index (χ1n) is 13.1. The number of esters is 1. The maximum atomic E-state index is 13.4. The number of ether oxygens (including phenoxy) is 1. The molecule has 2 aliphatic rings. The average molecular weight is 532 g/mol. The number of nitrogens with one attached hydrogen (secondary N) is 2. The zero-order valence-corrected chi connectivity index (χ0v) is 21.9. The Bertz CT molecular complexity index is 1230. The fraction of sp³-hybridized carbons (Fsp3) is 0.367. The van der Waals surface area contributed by atoms with Crippen LogP contribution in [0.15, 0.2) is 73.3 Å². The van der Waals surface area contributed by atoms with Crippen molar-refractivity contribution < 1.29 is 28.7 Å². The Labute approximate surface area is 227 Å². The van der Waals surface area contributed by atoms with Crippen molar-refractivity contribution in [2.45, 2.75) is 37.8 Å². The summed E-state index contributed by atoms with van der Waals surface area (Å²) in [5.74, 6) is -3.57. The van der Waals surface area contributed by atoms with Gasteiger partial charge in [-0.2, -0.15) is 0 Å². The molecule has 4 rings (SSSR count). The van der Waals surface area contributed by atoms with Gasteiger partial charge in [0.15, 0.2) is 0 Å². The number of fused-ring (bicyclic) bond motifs is 1. The van der Waals surface area contributed by atoms with Crippen molar-refractivity contribution in [1.29, 1.82) is 0 Å². The van der Waals surface area contributed by atoms with Crippen LogP contribution in [0.3, 0.4) is 0 Å². The van der Waals surface area contributed by atoms with Crippen molar-refractivity contribution in [1.82, 2.24) is 15.5 Å². The smallest absolute Gasteiger partial charge is 0.328 e. The van der Waals surface area contributed by atoms with Crippen LogP contribution in [0.1, 0.15) is 24.0 Å². The van der Waals surface area contributed by atoms with E-state index >= 15 is 0 Å². The van der Waals surface area contributed by atoms with Crippen LogP contribution in [0.4, 0.5) is 0 Å². The van der Waals surface area contributed by atoms with Gasteiger partial charge in [-0.05, 0) is 29.9 Å². The number of likely N-dealkylation sites (tertiary alicyclic amines) is 1. The third-order valence-corrected chi connectivity index (χ3v) is 7.46. The molecule has 2 aromatic rings. The van der Waals surface area contributed by atoms with Gasteiger partial charge in [0.05, 0.1) is 18.9 Å². The van der Waals surface area contributed by atoms with Gasteiger partial charge in [-0.15, -0.1) is 6.58 Å². The van der Waals surface area contributed by atoms with Crippen LogP contribution in [0.25, 0.3) is 0 Å². The van der Waals surface area contributed by atoms with Crippen molar-refractivity contribution in [3.63, 3.8) is 0 Å². The van der Waals surface area contributed by atoms with Gasteiger partial charge in [0, 0.05) is 12.8 Å². The number of benzene rings is 2. The van der Waals surface area contributed by atoms with Gasteiger partial charge in [-0.25, -0.2) is 4.79 Å². The summed E-state index contributed by atoms with van der Waals surface area (Å²) in [6, 6.07) is 16.2. The number of methoxy groups -OCH3 is 1. The second kappa shape index (κ2) is 12.5. The van der Waals surface area contributed by atoms with E-state index in [1.165, 1.54) is 7.11 Å². The van der Waals surface area contributed by atoms with Gasteiger partial charge in [0.1, 0.15) is 18.6 Å². The number of rotatable bonds is 11. The monoisotopic (exact) mass is 531 g/mol. The van der Waals surface area contributed by atoms with Crippen LogP contribution in [0.5, 0.6) is 0 Å². The van der Waals surface area contributed by atoms with Crippen LogP contribution < -0.4 is 10.6 Å². The number of imide groups is 1. The van der Waals surface area contributed by atoms with E-state index in [1.54, 1.807) is 6.08 Å². The summed E-state index contributed by atoms with van der Waals surface area (Å²) in [5, 5.41) is 5.39. The van der Waals surface area contributed by atoms with E-state index in [9.17, 15) is 24.0 Å². The Morgan fingerprint density at radius 1 is 0.923 bits per heavy atom. The highest BCUT2D eigenvalue weighted by Gasteiger charge is 2.53. The van der Waals surface area contributed by atoms with E-state index in [1.807, 2.05) is 60.7 Å². The molecule has 204 valence electrons. The average Bonchev–Trinajstić information content (AvgIpc) is 3.48. The molecule has 1 aliphatic carbocycles. The lowest BCUT2D eigenvalue weighted by atomic mass is 9.92. The van der Waals surface area contributed by atoms with Crippen molar-refractivity contribution in [3.8, 4) is 0 Å². The van der Waals surface area contributed by atoms with Crippen molar-refractivity contribution in [2.75, 3.05) is 13.7 Å². The molecule has 39 heavy (non-hydrogen) atoms. The zero-order valence-electron chi connectivity index (χ0n) is 21.9. The van der Waals surface area contributed by atoms with Gasteiger partial charge in [0.25, 0.3) is 0 Å². The van der Waals surface area contributed by atoms with E-state index < -0.39 is 48.2 Å². The van der Waals surface area contributed by atoms with E-state index in [2.05, 4.69) is 17.2 Å². The molecule has 1 heterocycles. The largest absolute Gasteiger partial charge is 0.467 e. The molecule has 5 atom stereocenters. The number of nitrogens with zero attached hydrogens (tertiary/aromatic N) is 1. The predicted molar refractivity (Wildman–Crippen MR) is 143 cm³/mol. The van der Waals surface area contributed by atoms with Gasteiger partial charge in [-0.3, -0.25) is 24.1 Å². The van der Waals surface area contributed by atoms with Crippen molar-refractivity contribution >= 4 is 29.6 Å². The van der Waals surface area contributed by atoms with Gasteiger partial charge in [-0.1, -0.05) is 66.7 Å². The molecule has 2 N–H and O–H groups in total. The molecule has 0 spiro atoms. The first kappa shape index (κ1) is 27.8. The quantitative estimate of drug-likeness (QED) is 0.259. The highest BCUT2D eigenvalue weighted by Crippen LogP contribution is 2.44. The molecule has 1 saturated carbocycles. The number of allylic oxidation sites excluding steroid dienone is 1. The molecule has 4 amide bonds. The Hall–Kier alpha value is -4.27. The predicted octanol–water partition coefficient (Wildman–Crippen LogP) is 1.81. The summed E-state index contributed by atoms with van der Waals surface area (Å²) < 4.78 is 4.90. The number of carbonyl (C=O) groups excluding carboxylic acids is 5. The first-order chi connectivity index (χ1) is 18.8. The number of hydrogen-bond acceptors (Lipinski definition) is 6. The van der Waals surface area contributed by atoms with Crippen LogP contribution in [-0.2, 0) is 41.6 Å². The Balaban J connectivity index is 1.48. The van der Waals surface area contributed by atoms with Gasteiger partial charge >= 0.3 is 5.97 Å². The Morgan fingerprint density at radius 3 is 2.08 bits per heavy atom. The van der Waals surface area contributed by atoms with Crippen LogP contribution in [0.2, 0.25) is 0 Å². The minimum absolute atomic E-state index is 0.0870. The topological polar surface area (TPSA) is 122 Å². The first-order valence-corrected chi connectivity index (χ1v) is 13.1. The zero-order chi connectivity index (χ0) is 27.9. The molecular formula is C30H33N3O6. The molecule has 1 saturated heterocycles. The summed E-state index contributed by atoms with van der Waals surface area (Å²) >= 11 is 0. The summed E-state index contributed by atoms with van der Waals surface area (Å²) in [7, 11) is 1.24.